The number of likely N-dealkylation sites (N-methyl/N-ethyl adjacent to an activating group) is 1. The first-order chi connectivity index (χ1) is 14.8. The topological polar surface area (TPSA) is 79.4 Å². The van der Waals surface area contributed by atoms with Crippen LogP contribution in [0.3, 0.4) is 0 Å². The van der Waals surface area contributed by atoms with Crippen molar-refractivity contribution in [3.05, 3.63) is 29.8 Å². The summed E-state index contributed by atoms with van der Waals surface area (Å²) in [6, 6.07) is 7.16. The largest absolute Gasteiger partial charge is 0.497 e. The van der Waals surface area contributed by atoms with Gasteiger partial charge in [0.2, 0.25) is 17.7 Å². The zero-order chi connectivity index (χ0) is 22.6. The van der Waals surface area contributed by atoms with Gasteiger partial charge in [-0.2, -0.15) is 0 Å². The van der Waals surface area contributed by atoms with Crippen LogP contribution in [0.5, 0.6) is 5.75 Å². The van der Waals surface area contributed by atoms with E-state index in [1.165, 1.54) is 4.90 Å². The summed E-state index contributed by atoms with van der Waals surface area (Å²) in [4.78, 5) is 44.9. The maximum Gasteiger partial charge on any atom is 0.240 e. The van der Waals surface area contributed by atoms with Crippen LogP contribution in [0.15, 0.2) is 24.3 Å². The lowest BCUT2D eigenvalue weighted by Crippen LogP contribution is -2.48. The minimum atomic E-state index is -1.21. The highest BCUT2D eigenvalue weighted by molar-refractivity contribution is 6.10. The van der Waals surface area contributed by atoms with Gasteiger partial charge in [0.05, 0.1) is 18.6 Å². The maximum absolute atomic E-state index is 13.6. The van der Waals surface area contributed by atoms with Crippen molar-refractivity contribution in [2.75, 3.05) is 54.5 Å². The lowest BCUT2D eigenvalue weighted by molar-refractivity contribution is -0.143. The molecule has 8 nitrogen and oxygen atoms in total. The highest BCUT2D eigenvalue weighted by Crippen LogP contribution is 2.41. The molecule has 2 saturated heterocycles. The third-order valence-corrected chi connectivity index (χ3v) is 6.32. The van der Waals surface area contributed by atoms with Crippen molar-refractivity contribution in [3.8, 4) is 5.75 Å². The molecule has 0 aliphatic carbocycles. The molecule has 0 bridgehead atoms. The van der Waals surface area contributed by atoms with Crippen LogP contribution in [0.4, 0.5) is 0 Å². The number of hydrogen-bond acceptors (Lipinski definition) is 6. The van der Waals surface area contributed by atoms with Crippen molar-refractivity contribution >= 4 is 17.7 Å². The SMILES string of the molecule is COc1cccc([C@]2(CC(=O)N3CCC[C@@H](OC)C3)CC(=O)N(CCN(C)C)C2=O)c1. The Morgan fingerprint density at radius 1 is 1.26 bits per heavy atom. The zero-order valence-corrected chi connectivity index (χ0v) is 18.9. The van der Waals surface area contributed by atoms with E-state index in [4.69, 9.17) is 9.47 Å². The summed E-state index contributed by atoms with van der Waals surface area (Å²) < 4.78 is 10.8. The molecule has 0 unspecified atom stereocenters. The van der Waals surface area contributed by atoms with Crippen LogP contribution in [0.2, 0.25) is 0 Å². The molecule has 2 heterocycles. The monoisotopic (exact) mass is 431 g/mol. The molecule has 170 valence electrons. The van der Waals surface area contributed by atoms with E-state index in [1.807, 2.05) is 25.1 Å². The van der Waals surface area contributed by atoms with Crippen LogP contribution in [0.25, 0.3) is 0 Å². The Balaban J connectivity index is 1.93. The molecular formula is C23H33N3O5. The first-order valence-electron chi connectivity index (χ1n) is 10.8. The molecule has 31 heavy (non-hydrogen) atoms. The molecule has 8 heteroatoms. The van der Waals surface area contributed by atoms with Gasteiger partial charge in [-0.15, -0.1) is 0 Å². The smallest absolute Gasteiger partial charge is 0.240 e. The maximum atomic E-state index is 13.6. The fourth-order valence-corrected chi connectivity index (χ4v) is 4.44. The molecule has 0 aromatic heterocycles. The van der Waals surface area contributed by atoms with Crippen LogP contribution in [0.1, 0.15) is 31.2 Å². The molecular weight excluding hydrogens is 398 g/mol. The van der Waals surface area contributed by atoms with E-state index >= 15 is 0 Å². The quantitative estimate of drug-likeness (QED) is 0.577. The van der Waals surface area contributed by atoms with Gasteiger partial charge in [-0.1, -0.05) is 12.1 Å². The van der Waals surface area contributed by atoms with Crippen molar-refractivity contribution in [3.63, 3.8) is 0 Å². The van der Waals surface area contributed by atoms with E-state index in [9.17, 15) is 14.4 Å². The van der Waals surface area contributed by atoms with E-state index < -0.39 is 5.41 Å². The normalized spacial score (nSPS) is 24.2. The van der Waals surface area contributed by atoms with Crippen LogP contribution in [-0.2, 0) is 24.5 Å². The van der Waals surface area contributed by atoms with Gasteiger partial charge in [0.15, 0.2) is 0 Å². The third-order valence-electron chi connectivity index (χ3n) is 6.32. The number of likely N-dealkylation sites (tertiary alicyclic amines) is 2. The van der Waals surface area contributed by atoms with Crippen LogP contribution in [0, 0.1) is 0 Å². The van der Waals surface area contributed by atoms with E-state index in [0.717, 1.165) is 12.8 Å². The highest BCUT2D eigenvalue weighted by atomic mass is 16.5. The summed E-state index contributed by atoms with van der Waals surface area (Å²) >= 11 is 0. The zero-order valence-electron chi connectivity index (χ0n) is 18.9. The molecule has 0 spiro atoms. The number of ether oxygens (including phenoxy) is 2. The number of nitrogens with zero attached hydrogens (tertiary/aromatic N) is 3. The van der Waals surface area contributed by atoms with E-state index in [-0.39, 0.29) is 36.7 Å². The lowest BCUT2D eigenvalue weighted by Gasteiger charge is -2.35. The standard InChI is InChI=1S/C23H33N3O5/c1-24(2)11-12-26-21(28)15-23(22(26)29,17-7-5-8-18(13-17)30-3)14-20(27)25-10-6-9-19(16-25)31-4/h5,7-8,13,19H,6,9-12,14-16H2,1-4H3/t19-,23+/m1/s1. The Morgan fingerprint density at radius 2 is 2.03 bits per heavy atom. The minimum Gasteiger partial charge on any atom is -0.497 e. The number of methoxy groups -OCH3 is 2. The van der Waals surface area contributed by atoms with E-state index in [0.29, 0.717) is 37.5 Å². The first kappa shape index (κ1) is 23.2. The average molecular weight is 432 g/mol. The predicted molar refractivity (Wildman–Crippen MR) is 116 cm³/mol. The van der Waals surface area contributed by atoms with Gasteiger partial charge in [-0.25, -0.2) is 0 Å². The molecule has 2 fully saturated rings. The number of amides is 3. The van der Waals surface area contributed by atoms with Gasteiger partial charge in [0, 0.05) is 46.1 Å². The number of imide groups is 1. The summed E-state index contributed by atoms with van der Waals surface area (Å²) in [7, 11) is 7.00. The summed E-state index contributed by atoms with van der Waals surface area (Å²) in [5, 5.41) is 0. The molecule has 3 amide bonds. The van der Waals surface area contributed by atoms with Gasteiger partial charge in [0.1, 0.15) is 5.75 Å². The summed E-state index contributed by atoms with van der Waals surface area (Å²) in [6.45, 7) is 2.02. The highest BCUT2D eigenvalue weighted by Gasteiger charge is 2.54. The van der Waals surface area contributed by atoms with Gasteiger partial charge in [0.25, 0.3) is 0 Å². The molecule has 2 atom stereocenters. The van der Waals surface area contributed by atoms with Crippen LogP contribution in [-0.4, -0.2) is 93.0 Å². The fourth-order valence-electron chi connectivity index (χ4n) is 4.44. The molecule has 0 radical (unpaired) electrons. The second-order valence-corrected chi connectivity index (χ2v) is 8.66. The van der Waals surface area contributed by atoms with Crippen molar-refractivity contribution in [2.45, 2.75) is 37.2 Å². The van der Waals surface area contributed by atoms with Crippen LogP contribution >= 0.6 is 0 Å². The lowest BCUT2D eigenvalue weighted by atomic mass is 9.75. The summed E-state index contributed by atoms with van der Waals surface area (Å²) in [5.74, 6) is -0.0777. The fraction of sp³-hybridized carbons (Fsp3) is 0.609. The molecule has 1 aromatic carbocycles. The van der Waals surface area contributed by atoms with Crippen molar-refractivity contribution in [1.82, 2.24) is 14.7 Å². The minimum absolute atomic E-state index is 0.00275. The number of carbonyl (C=O) groups is 3. The number of hydrogen-bond donors (Lipinski definition) is 0. The number of carbonyl (C=O) groups excluding carboxylic acids is 3. The molecule has 1 aromatic rings. The van der Waals surface area contributed by atoms with Gasteiger partial charge < -0.3 is 19.3 Å². The Labute approximate surface area is 184 Å². The molecule has 2 aliphatic heterocycles. The Morgan fingerprint density at radius 3 is 2.71 bits per heavy atom. The number of piperidine rings is 1. The molecule has 3 rings (SSSR count). The van der Waals surface area contributed by atoms with Crippen molar-refractivity contribution in [2.24, 2.45) is 0 Å². The Hall–Kier alpha value is -2.45. The van der Waals surface area contributed by atoms with Crippen molar-refractivity contribution in [1.29, 1.82) is 0 Å². The van der Waals surface area contributed by atoms with Crippen molar-refractivity contribution < 1.29 is 23.9 Å². The average Bonchev–Trinajstić information content (AvgIpc) is 3.02. The van der Waals surface area contributed by atoms with E-state index in [1.54, 1.807) is 37.3 Å². The summed E-state index contributed by atoms with van der Waals surface area (Å²) in [5.41, 5.74) is -0.569. The molecule has 0 saturated carbocycles. The first-order valence-corrected chi connectivity index (χ1v) is 10.8. The van der Waals surface area contributed by atoms with Crippen LogP contribution < -0.4 is 4.74 Å². The molecule has 2 aliphatic rings. The third kappa shape index (κ3) is 4.91. The second kappa shape index (κ2) is 9.78. The molecule has 0 N–H and O–H groups in total. The van der Waals surface area contributed by atoms with Gasteiger partial charge in [-0.05, 0) is 44.6 Å². The Kier molecular flexibility index (Phi) is 7.33. The predicted octanol–water partition coefficient (Wildman–Crippen LogP) is 1.28. The van der Waals surface area contributed by atoms with Gasteiger partial charge in [-0.3, -0.25) is 19.3 Å². The van der Waals surface area contributed by atoms with E-state index in [2.05, 4.69) is 0 Å². The number of rotatable bonds is 8. The number of benzene rings is 1. The summed E-state index contributed by atoms with van der Waals surface area (Å²) in [6.07, 6.45) is 1.72. The second-order valence-electron chi connectivity index (χ2n) is 8.66. The van der Waals surface area contributed by atoms with Gasteiger partial charge >= 0.3 is 0 Å². The Bertz CT molecular complexity index is 827.